The minimum atomic E-state index is 0.495. The molecule has 0 bridgehead atoms. The van der Waals surface area contributed by atoms with Crippen LogP contribution in [0.25, 0.3) is 0 Å². The van der Waals surface area contributed by atoms with Gasteiger partial charge in [-0.15, -0.1) is 0 Å². The third kappa shape index (κ3) is 6.40. The van der Waals surface area contributed by atoms with Crippen LogP contribution in [0.15, 0.2) is 24.3 Å². The summed E-state index contributed by atoms with van der Waals surface area (Å²) in [5.41, 5.74) is 1.28. The quantitative estimate of drug-likeness (QED) is 0.711. The Bertz CT molecular complexity index is 364. The Kier molecular flexibility index (Phi) is 8.31. The van der Waals surface area contributed by atoms with Gasteiger partial charge >= 0.3 is 0 Å². The molecule has 1 aromatic rings. The molecule has 0 spiro atoms. The van der Waals surface area contributed by atoms with Gasteiger partial charge in [-0.25, -0.2) is 0 Å². The monoisotopic (exact) mass is 278 g/mol. The first-order valence-electron chi connectivity index (χ1n) is 7.87. The molecule has 114 valence electrons. The van der Waals surface area contributed by atoms with Crippen LogP contribution in [0.3, 0.4) is 0 Å². The number of hydrogen-bond acceptors (Lipinski definition) is 3. The molecule has 3 heteroatoms. The highest BCUT2D eigenvalue weighted by atomic mass is 16.5. The molecule has 0 fully saturated rings. The van der Waals surface area contributed by atoms with Crippen LogP contribution in [0.5, 0.6) is 5.75 Å². The van der Waals surface area contributed by atoms with Gasteiger partial charge in [-0.05, 0) is 44.1 Å². The van der Waals surface area contributed by atoms with E-state index >= 15 is 0 Å². The lowest BCUT2D eigenvalue weighted by atomic mass is 10.2. The highest BCUT2D eigenvalue weighted by Gasteiger charge is 2.06. The Labute approximate surface area is 124 Å². The zero-order valence-corrected chi connectivity index (χ0v) is 13.5. The molecule has 1 rings (SSSR count). The van der Waals surface area contributed by atoms with Crippen molar-refractivity contribution in [2.24, 2.45) is 0 Å². The molecule has 0 aliphatic heterocycles. The first kappa shape index (κ1) is 17.0. The SMILES string of the molecule is CCCOc1cccc(CNC(C)CN(CC)CC)c1. The third-order valence-electron chi connectivity index (χ3n) is 3.45. The van der Waals surface area contributed by atoms with E-state index in [9.17, 15) is 0 Å². The second kappa shape index (κ2) is 9.78. The lowest BCUT2D eigenvalue weighted by Gasteiger charge is -2.23. The van der Waals surface area contributed by atoms with Gasteiger partial charge < -0.3 is 15.0 Å². The molecule has 20 heavy (non-hydrogen) atoms. The summed E-state index contributed by atoms with van der Waals surface area (Å²) >= 11 is 0. The normalized spacial score (nSPS) is 12.7. The Hall–Kier alpha value is -1.06. The Balaban J connectivity index is 2.40. The average molecular weight is 278 g/mol. The fraction of sp³-hybridized carbons (Fsp3) is 0.647. The van der Waals surface area contributed by atoms with Gasteiger partial charge in [-0.1, -0.05) is 32.9 Å². The second-order valence-corrected chi connectivity index (χ2v) is 5.26. The smallest absolute Gasteiger partial charge is 0.119 e. The van der Waals surface area contributed by atoms with Gasteiger partial charge in [-0.3, -0.25) is 0 Å². The standard InChI is InChI=1S/C17H30N2O/c1-5-11-20-17-10-8-9-16(12-17)13-18-15(4)14-19(6-2)7-3/h8-10,12,15,18H,5-7,11,13-14H2,1-4H3. The molecule has 0 aliphatic carbocycles. The van der Waals surface area contributed by atoms with E-state index in [0.717, 1.165) is 45.0 Å². The van der Waals surface area contributed by atoms with Crippen molar-refractivity contribution in [3.05, 3.63) is 29.8 Å². The predicted molar refractivity (Wildman–Crippen MR) is 86.3 cm³/mol. The van der Waals surface area contributed by atoms with Crippen LogP contribution in [-0.2, 0) is 6.54 Å². The summed E-state index contributed by atoms with van der Waals surface area (Å²) in [6, 6.07) is 8.87. The van der Waals surface area contributed by atoms with Crippen LogP contribution in [-0.4, -0.2) is 37.2 Å². The van der Waals surface area contributed by atoms with Gasteiger partial charge in [0.15, 0.2) is 0 Å². The van der Waals surface area contributed by atoms with E-state index in [-0.39, 0.29) is 0 Å². The Morgan fingerprint density at radius 1 is 1.20 bits per heavy atom. The van der Waals surface area contributed by atoms with Crippen molar-refractivity contribution in [2.75, 3.05) is 26.2 Å². The fourth-order valence-corrected chi connectivity index (χ4v) is 2.19. The minimum absolute atomic E-state index is 0.495. The maximum absolute atomic E-state index is 5.67. The molecule has 0 heterocycles. The number of nitrogens with zero attached hydrogens (tertiary/aromatic N) is 1. The zero-order chi connectivity index (χ0) is 14.8. The van der Waals surface area contributed by atoms with E-state index in [4.69, 9.17) is 4.74 Å². The molecule has 1 unspecified atom stereocenters. The van der Waals surface area contributed by atoms with E-state index in [0.29, 0.717) is 6.04 Å². The zero-order valence-electron chi connectivity index (χ0n) is 13.5. The molecular formula is C17H30N2O. The van der Waals surface area contributed by atoms with Crippen molar-refractivity contribution in [3.8, 4) is 5.75 Å². The number of ether oxygens (including phenoxy) is 1. The molecule has 0 aliphatic rings. The molecule has 0 aromatic heterocycles. The highest BCUT2D eigenvalue weighted by Crippen LogP contribution is 2.13. The molecule has 0 radical (unpaired) electrons. The summed E-state index contributed by atoms with van der Waals surface area (Å²) in [5.74, 6) is 0.975. The minimum Gasteiger partial charge on any atom is -0.494 e. The largest absolute Gasteiger partial charge is 0.494 e. The van der Waals surface area contributed by atoms with Gasteiger partial charge in [0.25, 0.3) is 0 Å². The van der Waals surface area contributed by atoms with Crippen LogP contribution >= 0.6 is 0 Å². The first-order valence-corrected chi connectivity index (χ1v) is 7.87. The van der Waals surface area contributed by atoms with Crippen LogP contribution in [0, 0.1) is 0 Å². The van der Waals surface area contributed by atoms with Crippen LogP contribution in [0.4, 0.5) is 0 Å². The van der Waals surface area contributed by atoms with E-state index < -0.39 is 0 Å². The average Bonchev–Trinajstić information content (AvgIpc) is 2.49. The van der Waals surface area contributed by atoms with Crippen LogP contribution in [0.2, 0.25) is 0 Å². The van der Waals surface area contributed by atoms with Gasteiger partial charge in [0.2, 0.25) is 0 Å². The maximum atomic E-state index is 5.67. The number of benzene rings is 1. The van der Waals surface area contributed by atoms with E-state index in [2.05, 4.69) is 56.1 Å². The number of likely N-dealkylation sites (N-methyl/N-ethyl adjacent to an activating group) is 1. The molecule has 1 atom stereocenters. The third-order valence-corrected chi connectivity index (χ3v) is 3.45. The van der Waals surface area contributed by atoms with Crippen molar-refractivity contribution < 1.29 is 4.74 Å². The lowest BCUT2D eigenvalue weighted by Crippen LogP contribution is -2.38. The maximum Gasteiger partial charge on any atom is 0.119 e. The Morgan fingerprint density at radius 3 is 2.60 bits per heavy atom. The molecule has 0 saturated carbocycles. The van der Waals surface area contributed by atoms with E-state index in [1.54, 1.807) is 0 Å². The van der Waals surface area contributed by atoms with Crippen molar-refractivity contribution in [1.29, 1.82) is 0 Å². The summed E-state index contributed by atoms with van der Waals surface area (Å²) in [5, 5.41) is 3.58. The molecular weight excluding hydrogens is 248 g/mol. The molecule has 1 N–H and O–H groups in total. The highest BCUT2D eigenvalue weighted by molar-refractivity contribution is 5.28. The van der Waals surface area contributed by atoms with Crippen molar-refractivity contribution >= 4 is 0 Å². The summed E-state index contributed by atoms with van der Waals surface area (Å²) in [4.78, 5) is 2.44. The Morgan fingerprint density at radius 2 is 1.95 bits per heavy atom. The van der Waals surface area contributed by atoms with Gasteiger partial charge in [0.1, 0.15) is 5.75 Å². The van der Waals surface area contributed by atoms with Crippen molar-refractivity contribution in [3.63, 3.8) is 0 Å². The number of hydrogen-bond donors (Lipinski definition) is 1. The van der Waals surface area contributed by atoms with Gasteiger partial charge in [0, 0.05) is 19.1 Å². The van der Waals surface area contributed by atoms with Gasteiger partial charge in [0.05, 0.1) is 6.61 Å². The summed E-state index contributed by atoms with van der Waals surface area (Å²) in [6.07, 6.45) is 1.05. The van der Waals surface area contributed by atoms with Crippen LogP contribution < -0.4 is 10.1 Å². The number of nitrogens with one attached hydrogen (secondary N) is 1. The summed E-state index contributed by atoms with van der Waals surface area (Å²) in [7, 11) is 0. The summed E-state index contributed by atoms with van der Waals surface area (Å²) in [6.45, 7) is 13.8. The topological polar surface area (TPSA) is 24.5 Å². The second-order valence-electron chi connectivity index (χ2n) is 5.26. The first-order chi connectivity index (χ1) is 9.69. The molecule has 1 aromatic carbocycles. The van der Waals surface area contributed by atoms with Gasteiger partial charge in [-0.2, -0.15) is 0 Å². The summed E-state index contributed by atoms with van der Waals surface area (Å²) < 4.78 is 5.67. The van der Waals surface area contributed by atoms with E-state index in [1.165, 1.54) is 5.56 Å². The molecule has 0 amide bonds. The number of rotatable bonds is 10. The fourth-order valence-electron chi connectivity index (χ4n) is 2.19. The molecule has 0 saturated heterocycles. The lowest BCUT2D eigenvalue weighted by molar-refractivity contribution is 0.270. The van der Waals surface area contributed by atoms with Crippen molar-refractivity contribution in [1.82, 2.24) is 10.2 Å². The molecule has 3 nitrogen and oxygen atoms in total. The van der Waals surface area contributed by atoms with E-state index in [1.807, 2.05) is 6.07 Å². The van der Waals surface area contributed by atoms with Crippen LogP contribution in [0.1, 0.15) is 39.7 Å². The predicted octanol–water partition coefficient (Wildman–Crippen LogP) is 3.30. The van der Waals surface area contributed by atoms with Crippen molar-refractivity contribution in [2.45, 2.75) is 46.7 Å².